The summed E-state index contributed by atoms with van der Waals surface area (Å²) in [6.45, 7) is 7.46. The van der Waals surface area contributed by atoms with E-state index in [1.165, 1.54) is 5.56 Å². The summed E-state index contributed by atoms with van der Waals surface area (Å²) in [4.78, 5) is 9.10. The van der Waals surface area contributed by atoms with Gasteiger partial charge < -0.3 is 9.80 Å². The van der Waals surface area contributed by atoms with Gasteiger partial charge in [-0.2, -0.15) is 0 Å². The van der Waals surface area contributed by atoms with Gasteiger partial charge in [-0.1, -0.05) is 6.92 Å². The van der Waals surface area contributed by atoms with Crippen molar-refractivity contribution in [3.8, 4) is 0 Å². The normalized spacial score (nSPS) is 10.9. The topological polar surface area (TPSA) is 19.4 Å². The Bertz CT molecular complexity index is 353. The number of hydrogen-bond acceptors (Lipinski definition) is 3. The molecule has 0 atom stereocenters. The van der Waals surface area contributed by atoms with Crippen LogP contribution < -0.4 is 4.90 Å². The number of aryl methyl sites for hydroxylation is 1. The minimum Gasteiger partial charge on any atom is -0.355 e. The molecule has 0 aliphatic rings. The Kier molecular flexibility index (Phi) is 5.92. The number of hydrogen-bond donors (Lipinski definition) is 0. The summed E-state index contributed by atoms with van der Waals surface area (Å²) in [5.41, 5.74) is 1.23. The molecule has 0 aliphatic carbocycles. The monoisotopic (exact) mass is 299 g/mol. The Balaban J connectivity index is 2.81. The van der Waals surface area contributed by atoms with Gasteiger partial charge in [-0.3, -0.25) is 0 Å². The molecule has 1 rings (SSSR count). The van der Waals surface area contributed by atoms with Gasteiger partial charge in [0, 0.05) is 30.3 Å². The van der Waals surface area contributed by atoms with E-state index in [1.807, 2.05) is 6.20 Å². The van der Waals surface area contributed by atoms with Crippen LogP contribution in [-0.4, -0.2) is 43.6 Å². The fourth-order valence-corrected chi connectivity index (χ4v) is 2.22. The lowest BCUT2D eigenvalue weighted by molar-refractivity contribution is 0.412. The van der Waals surface area contributed by atoms with Crippen molar-refractivity contribution in [2.24, 2.45) is 0 Å². The lowest BCUT2D eigenvalue weighted by atomic mass is 10.2. The number of anilines is 1. The summed E-state index contributed by atoms with van der Waals surface area (Å²) in [6.07, 6.45) is 3.02. The maximum absolute atomic E-state index is 4.54. The van der Waals surface area contributed by atoms with E-state index in [-0.39, 0.29) is 0 Å². The predicted octanol–water partition coefficient (Wildman–Crippen LogP) is 2.93. The van der Waals surface area contributed by atoms with Crippen molar-refractivity contribution < 1.29 is 0 Å². The van der Waals surface area contributed by atoms with E-state index in [4.69, 9.17) is 0 Å². The summed E-state index contributed by atoms with van der Waals surface area (Å²) in [5.74, 6) is 1.11. The average Bonchev–Trinajstić information content (AvgIpc) is 2.24. The molecule has 0 aromatic carbocycles. The van der Waals surface area contributed by atoms with Crippen molar-refractivity contribution in [2.75, 3.05) is 38.6 Å². The third-order valence-corrected chi connectivity index (χ3v) is 3.06. The van der Waals surface area contributed by atoms with E-state index in [2.05, 4.69) is 64.7 Å². The van der Waals surface area contributed by atoms with Crippen molar-refractivity contribution in [1.82, 2.24) is 9.88 Å². The van der Waals surface area contributed by atoms with E-state index in [9.17, 15) is 0 Å². The van der Waals surface area contributed by atoms with Crippen molar-refractivity contribution in [3.63, 3.8) is 0 Å². The lowest BCUT2D eigenvalue weighted by Gasteiger charge is -2.26. The van der Waals surface area contributed by atoms with Gasteiger partial charge in [0.15, 0.2) is 0 Å². The van der Waals surface area contributed by atoms with Gasteiger partial charge in [0.25, 0.3) is 0 Å². The molecular formula is C13H22BrN3. The molecule has 0 spiro atoms. The minimum atomic E-state index is 1.02. The van der Waals surface area contributed by atoms with Crippen molar-refractivity contribution >= 4 is 21.7 Å². The predicted molar refractivity (Wildman–Crippen MR) is 77.7 cm³/mol. The van der Waals surface area contributed by atoms with E-state index in [0.29, 0.717) is 0 Å². The summed E-state index contributed by atoms with van der Waals surface area (Å²) < 4.78 is 1.04. The maximum Gasteiger partial charge on any atom is 0.131 e. The van der Waals surface area contributed by atoms with Crippen LogP contribution in [0, 0.1) is 6.92 Å². The third-order valence-electron chi connectivity index (χ3n) is 2.63. The molecule has 0 fully saturated rings. The number of pyridine rings is 1. The Hall–Kier alpha value is -0.610. The highest BCUT2D eigenvalue weighted by atomic mass is 79.9. The summed E-state index contributed by atoms with van der Waals surface area (Å²) in [6, 6.07) is 2.13. The van der Waals surface area contributed by atoms with Gasteiger partial charge in [-0.15, -0.1) is 0 Å². The fraction of sp³-hybridized carbons (Fsp3) is 0.615. The lowest BCUT2D eigenvalue weighted by Crippen LogP contribution is -2.33. The zero-order chi connectivity index (χ0) is 12.8. The molecule has 0 N–H and O–H groups in total. The molecule has 17 heavy (non-hydrogen) atoms. The van der Waals surface area contributed by atoms with Gasteiger partial charge in [-0.25, -0.2) is 4.98 Å². The Labute approximate surface area is 113 Å². The van der Waals surface area contributed by atoms with Crippen molar-refractivity contribution in [3.05, 3.63) is 22.3 Å². The molecule has 0 saturated carbocycles. The van der Waals surface area contributed by atoms with Crippen LogP contribution in [0.3, 0.4) is 0 Å². The van der Waals surface area contributed by atoms with E-state index < -0.39 is 0 Å². The van der Waals surface area contributed by atoms with Crippen LogP contribution in [0.4, 0.5) is 5.82 Å². The molecular weight excluding hydrogens is 278 g/mol. The maximum atomic E-state index is 4.54. The summed E-state index contributed by atoms with van der Waals surface area (Å²) in [7, 11) is 4.21. The van der Waals surface area contributed by atoms with Crippen LogP contribution in [0.25, 0.3) is 0 Å². The first-order chi connectivity index (χ1) is 8.04. The molecule has 96 valence electrons. The molecule has 0 aliphatic heterocycles. The van der Waals surface area contributed by atoms with Crippen LogP contribution in [-0.2, 0) is 0 Å². The number of aromatic nitrogens is 1. The third kappa shape index (κ3) is 4.64. The van der Waals surface area contributed by atoms with Crippen molar-refractivity contribution in [1.29, 1.82) is 0 Å². The molecule has 3 nitrogen and oxygen atoms in total. The second kappa shape index (κ2) is 6.97. The second-order valence-corrected chi connectivity index (χ2v) is 5.50. The summed E-state index contributed by atoms with van der Waals surface area (Å²) >= 11 is 3.46. The highest BCUT2D eigenvalue weighted by Crippen LogP contribution is 2.20. The van der Waals surface area contributed by atoms with Gasteiger partial charge >= 0.3 is 0 Å². The summed E-state index contributed by atoms with van der Waals surface area (Å²) in [5, 5.41) is 0. The Morgan fingerprint density at radius 2 is 1.94 bits per heavy atom. The highest BCUT2D eigenvalue weighted by molar-refractivity contribution is 9.10. The standard InChI is InChI=1S/C13H22BrN3/c1-5-6-17(8-7-16(3)4)13-11(2)9-12(14)10-15-13/h9-10H,5-8H2,1-4H3. The van der Waals surface area contributed by atoms with Crippen LogP contribution in [0.2, 0.25) is 0 Å². The Morgan fingerprint density at radius 1 is 1.24 bits per heavy atom. The quantitative estimate of drug-likeness (QED) is 0.805. The van der Waals surface area contributed by atoms with Crippen LogP contribution in [0.1, 0.15) is 18.9 Å². The zero-order valence-electron chi connectivity index (χ0n) is 11.2. The molecule has 0 bridgehead atoms. The first-order valence-electron chi connectivity index (χ1n) is 6.06. The van der Waals surface area contributed by atoms with Gasteiger partial charge in [0.2, 0.25) is 0 Å². The largest absolute Gasteiger partial charge is 0.355 e. The minimum absolute atomic E-state index is 1.02. The first kappa shape index (κ1) is 14.5. The fourth-order valence-electron chi connectivity index (χ4n) is 1.78. The SMILES string of the molecule is CCCN(CCN(C)C)c1ncc(Br)cc1C. The number of likely N-dealkylation sites (N-methyl/N-ethyl adjacent to an activating group) is 1. The van der Waals surface area contributed by atoms with E-state index >= 15 is 0 Å². The molecule has 1 aromatic heterocycles. The molecule has 0 saturated heterocycles. The van der Waals surface area contributed by atoms with Crippen molar-refractivity contribution in [2.45, 2.75) is 20.3 Å². The van der Waals surface area contributed by atoms with Gasteiger partial charge in [0.05, 0.1) is 0 Å². The number of halogens is 1. The molecule has 0 unspecified atom stereocenters. The van der Waals surface area contributed by atoms with Crippen LogP contribution in [0.15, 0.2) is 16.7 Å². The average molecular weight is 300 g/mol. The van der Waals surface area contributed by atoms with E-state index in [1.54, 1.807) is 0 Å². The number of nitrogens with zero attached hydrogens (tertiary/aromatic N) is 3. The Morgan fingerprint density at radius 3 is 2.47 bits per heavy atom. The first-order valence-corrected chi connectivity index (χ1v) is 6.85. The molecule has 1 heterocycles. The molecule has 1 aromatic rings. The molecule has 4 heteroatoms. The molecule has 0 amide bonds. The van der Waals surface area contributed by atoms with Gasteiger partial charge in [0.1, 0.15) is 5.82 Å². The zero-order valence-corrected chi connectivity index (χ0v) is 12.8. The second-order valence-electron chi connectivity index (χ2n) is 4.58. The van der Waals surface area contributed by atoms with Crippen LogP contribution >= 0.6 is 15.9 Å². The van der Waals surface area contributed by atoms with Gasteiger partial charge in [-0.05, 0) is 55.0 Å². The highest BCUT2D eigenvalue weighted by Gasteiger charge is 2.10. The number of rotatable bonds is 6. The van der Waals surface area contributed by atoms with Crippen LogP contribution in [0.5, 0.6) is 0 Å². The smallest absolute Gasteiger partial charge is 0.131 e. The van der Waals surface area contributed by atoms with E-state index in [0.717, 1.165) is 36.3 Å². The molecule has 0 radical (unpaired) electrons.